The maximum absolute atomic E-state index is 3.48. The largest absolute Gasteiger partial charge is 0.347 e. The third-order valence-electron chi connectivity index (χ3n) is 2.40. The Labute approximate surface area is 73.9 Å². The lowest BCUT2D eigenvalue weighted by atomic mass is 10.0. The van der Waals surface area contributed by atoms with E-state index >= 15 is 0 Å². The first kappa shape index (κ1) is 7.90. The monoisotopic (exact) mass is 168 g/mol. The summed E-state index contributed by atoms with van der Waals surface area (Å²) in [5.74, 6) is 1.21. The van der Waals surface area contributed by atoms with Crippen molar-refractivity contribution in [1.82, 2.24) is 10.6 Å². The lowest BCUT2D eigenvalue weighted by molar-refractivity contribution is -0.522. The minimum absolute atomic E-state index is 0.235. The van der Waals surface area contributed by atoms with Crippen molar-refractivity contribution in [2.24, 2.45) is 0 Å². The summed E-state index contributed by atoms with van der Waals surface area (Å²) in [6, 6.07) is 0. The van der Waals surface area contributed by atoms with Gasteiger partial charge in [-0.1, -0.05) is 0 Å². The standard InChI is InChI=1S/C9H17N3/c1-8(2)5-12-6-9(3,4)11-7(12)10-8/h5-6H2,1-4H3,(H,10,11)/p+1. The van der Waals surface area contributed by atoms with E-state index in [0.717, 1.165) is 13.1 Å². The summed E-state index contributed by atoms with van der Waals surface area (Å²) < 4.78 is 2.39. The fourth-order valence-corrected chi connectivity index (χ4v) is 2.08. The second-order valence-electron chi connectivity index (χ2n) is 5.22. The Morgan fingerprint density at radius 2 is 1.42 bits per heavy atom. The molecule has 0 aromatic heterocycles. The van der Waals surface area contributed by atoms with Crippen LogP contribution in [0.2, 0.25) is 0 Å². The maximum atomic E-state index is 3.48. The molecule has 0 fully saturated rings. The van der Waals surface area contributed by atoms with E-state index < -0.39 is 0 Å². The number of nitrogens with one attached hydrogen (secondary N) is 2. The number of hydrogen-bond acceptors (Lipinski definition) is 2. The first-order chi connectivity index (χ1) is 5.38. The Hall–Kier alpha value is -0.730. The maximum Gasteiger partial charge on any atom is 0.347 e. The summed E-state index contributed by atoms with van der Waals surface area (Å²) in [6.07, 6.45) is 0. The van der Waals surface area contributed by atoms with E-state index in [2.05, 4.69) is 42.9 Å². The van der Waals surface area contributed by atoms with E-state index in [9.17, 15) is 0 Å². The Balaban J connectivity index is 2.14. The van der Waals surface area contributed by atoms with Crippen molar-refractivity contribution in [2.75, 3.05) is 13.1 Å². The van der Waals surface area contributed by atoms with Gasteiger partial charge in [0.15, 0.2) is 0 Å². The molecule has 3 nitrogen and oxygen atoms in total. The van der Waals surface area contributed by atoms with E-state index in [1.54, 1.807) is 0 Å². The van der Waals surface area contributed by atoms with Gasteiger partial charge in [-0.15, -0.1) is 0 Å². The summed E-state index contributed by atoms with van der Waals surface area (Å²) in [5.41, 5.74) is 0.470. The molecule has 0 radical (unpaired) electrons. The van der Waals surface area contributed by atoms with E-state index in [0.29, 0.717) is 0 Å². The van der Waals surface area contributed by atoms with E-state index in [-0.39, 0.29) is 11.1 Å². The number of rotatable bonds is 0. The van der Waals surface area contributed by atoms with Gasteiger partial charge in [0.2, 0.25) is 0 Å². The molecule has 0 amide bonds. The number of nitrogens with zero attached hydrogens (tertiary/aromatic N) is 1. The smallest absolute Gasteiger partial charge is 0.270 e. The molecule has 0 aromatic rings. The van der Waals surface area contributed by atoms with Crippen LogP contribution in [0.1, 0.15) is 27.7 Å². The van der Waals surface area contributed by atoms with Crippen molar-refractivity contribution in [1.29, 1.82) is 0 Å². The van der Waals surface area contributed by atoms with Crippen LogP contribution < -0.4 is 10.6 Å². The predicted molar refractivity (Wildman–Crippen MR) is 49.4 cm³/mol. The molecule has 2 aliphatic rings. The lowest BCUT2D eigenvalue weighted by Crippen LogP contribution is -2.51. The van der Waals surface area contributed by atoms with Crippen molar-refractivity contribution in [3.63, 3.8) is 0 Å². The van der Waals surface area contributed by atoms with Crippen molar-refractivity contribution in [3.8, 4) is 0 Å². The average Bonchev–Trinajstić information content (AvgIpc) is 2.12. The van der Waals surface area contributed by atoms with E-state index in [4.69, 9.17) is 0 Å². The summed E-state index contributed by atoms with van der Waals surface area (Å²) in [6.45, 7) is 11.1. The van der Waals surface area contributed by atoms with Crippen LogP contribution in [0.15, 0.2) is 0 Å². The summed E-state index contributed by atoms with van der Waals surface area (Å²) in [5, 5.41) is 6.96. The highest BCUT2D eigenvalue weighted by atomic mass is 15.4. The molecular weight excluding hydrogens is 150 g/mol. The molecule has 68 valence electrons. The fraction of sp³-hybridized carbons (Fsp3) is 0.889. The Morgan fingerprint density at radius 1 is 1.00 bits per heavy atom. The fourth-order valence-electron chi connectivity index (χ4n) is 2.08. The minimum Gasteiger partial charge on any atom is -0.270 e. The van der Waals surface area contributed by atoms with Crippen LogP contribution in [0.3, 0.4) is 0 Å². The molecule has 0 unspecified atom stereocenters. The molecule has 2 rings (SSSR count). The number of guanidine groups is 1. The topological polar surface area (TPSA) is 27.1 Å². The third kappa shape index (κ3) is 1.17. The molecule has 0 saturated carbocycles. The summed E-state index contributed by atoms with van der Waals surface area (Å²) in [7, 11) is 0. The van der Waals surface area contributed by atoms with Gasteiger partial charge < -0.3 is 0 Å². The Bertz CT molecular complexity index is 204. The van der Waals surface area contributed by atoms with Crippen LogP contribution in [-0.2, 0) is 0 Å². The molecular formula is C9H18N3+. The summed E-state index contributed by atoms with van der Waals surface area (Å²) >= 11 is 0. The van der Waals surface area contributed by atoms with Gasteiger partial charge in [-0.05, 0) is 27.7 Å². The summed E-state index contributed by atoms with van der Waals surface area (Å²) in [4.78, 5) is 0. The predicted octanol–water partition coefficient (Wildman–Crippen LogP) is 0.119. The quantitative estimate of drug-likeness (QED) is 0.503. The SMILES string of the molecule is CC1(C)C[N+]2=C(N1)NC(C)(C)C2. The molecule has 3 heteroatoms. The zero-order valence-electron chi connectivity index (χ0n) is 8.36. The van der Waals surface area contributed by atoms with Crippen molar-refractivity contribution >= 4 is 5.96 Å². The molecule has 12 heavy (non-hydrogen) atoms. The second-order valence-corrected chi connectivity index (χ2v) is 5.22. The molecule has 0 saturated heterocycles. The molecule has 0 atom stereocenters. The molecule has 2 heterocycles. The van der Waals surface area contributed by atoms with Crippen LogP contribution in [-0.4, -0.2) is 34.7 Å². The van der Waals surface area contributed by atoms with Gasteiger partial charge in [0.05, 0.1) is 0 Å². The lowest BCUT2D eigenvalue weighted by Gasteiger charge is -2.20. The number of hydrogen-bond donors (Lipinski definition) is 2. The van der Waals surface area contributed by atoms with Crippen LogP contribution >= 0.6 is 0 Å². The Kier molecular flexibility index (Phi) is 1.28. The van der Waals surface area contributed by atoms with Gasteiger partial charge in [0, 0.05) is 0 Å². The average molecular weight is 168 g/mol. The zero-order chi connectivity index (χ0) is 8.98. The van der Waals surface area contributed by atoms with Gasteiger partial charge in [-0.2, -0.15) is 0 Å². The molecule has 0 spiro atoms. The normalized spacial score (nSPS) is 29.7. The highest BCUT2D eigenvalue weighted by molar-refractivity contribution is 5.78. The van der Waals surface area contributed by atoms with E-state index in [1.807, 2.05) is 0 Å². The van der Waals surface area contributed by atoms with Crippen LogP contribution in [0, 0.1) is 0 Å². The third-order valence-corrected chi connectivity index (χ3v) is 2.40. The van der Waals surface area contributed by atoms with Crippen LogP contribution in [0.4, 0.5) is 0 Å². The highest BCUT2D eigenvalue weighted by Gasteiger charge is 2.45. The first-order valence-electron chi connectivity index (χ1n) is 4.56. The highest BCUT2D eigenvalue weighted by Crippen LogP contribution is 2.17. The van der Waals surface area contributed by atoms with Crippen LogP contribution in [0.5, 0.6) is 0 Å². The van der Waals surface area contributed by atoms with Gasteiger partial charge in [0.25, 0.3) is 0 Å². The minimum atomic E-state index is 0.235. The van der Waals surface area contributed by atoms with Gasteiger partial charge in [-0.3, -0.25) is 15.2 Å². The first-order valence-corrected chi connectivity index (χ1v) is 4.56. The van der Waals surface area contributed by atoms with Crippen molar-refractivity contribution in [2.45, 2.75) is 38.8 Å². The van der Waals surface area contributed by atoms with Gasteiger partial charge in [-0.25, -0.2) is 0 Å². The second kappa shape index (κ2) is 1.95. The molecule has 0 bridgehead atoms. The van der Waals surface area contributed by atoms with Gasteiger partial charge >= 0.3 is 5.96 Å². The van der Waals surface area contributed by atoms with Crippen molar-refractivity contribution < 1.29 is 4.58 Å². The van der Waals surface area contributed by atoms with E-state index in [1.165, 1.54) is 5.96 Å². The zero-order valence-corrected chi connectivity index (χ0v) is 8.36. The molecule has 2 N–H and O–H groups in total. The Morgan fingerprint density at radius 3 is 1.75 bits per heavy atom. The molecule has 2 aliphatic heterocycles. The van der Waals surface area contributed by atoms with Gasteiger partial charge in [0.1, 0.15) is 24.2 Å². The van der Waals surface area contributed by atoms with Crippen molar-refractivity contribution in [3.05, 3.63) is 0 Å². The molecule has 0 aromatic carbocycles. The molecule has 0 aliphatic carbocycles. The van der Waals surface area contributed by atoms with Crippen LogP contribution in [0.25, 0.3) is 0 Å².